The van der Waals surface area contributed by atoms with Crippen molar-refractivity contribution >= 4 is 11.8 Å². The fraction of sp³-hybridized carbons (Fsp3) is 0.467. The van der Waals surface area contributed by atoms with Gasteiger partial charge in [0.15, 0.2) is 0 Å². The highest BCUT2D eigenvalue weighted by atomic mass is 16.5. The lowest BCUT2D eigenvalue weighted by atomic mass is 9.84. The summed E-state index contributed by atoms with van der Waals surface area (Å²) in [5, 5.41) is 11.7. The molecule has 0 bridgehead atoms. The van der Waals surface area contributed by atoms with Crippen molar-refractivity contribution in [3.05, 3.63) is 35.4 Å². The Morgan fingerprint density at radius 1 is 1.15 bits per heavy atom. The molecule has 0 aromatic heterocycles. The van der Waals surface area contributed by atoms with Crippen LogP contribution >= 0.6 is 0 Å². The quantitative estimate of drug-likeness (QED) is 0.582. The summed E-state index contributed by atoms with van der Waals surface area (Å²) in [5.41, 5.74) is 3.38. The van der Waals surface area contributed by atoms with Crippen LogP contribution < -0.4 is 10.8 Å². The van der Waals surface area contributed by atoms with Crippen LogP contribution in [0.1, 0.15) is 41.6 Å². The summed E-state index contributed by atoms with van der Waals surface area (Å²) >= 11 is 0. The molecule has 1 aliphatic carbocycles. The van der Waals surface area contributed by atoms with Crippen LogP contribution in [0.4, 0.5) is 0 Å². The number of benzene rings is 1. The molecule has 2 unspecified atom stereocenters. The van der Waals surface area contributed by atoms with E-state index in [-0.39, 0.29) is 17.9 Å². The van der Waals surface area contributed by atoms with Crippen molar-refractivity contribution in [1.82, 2.24) is 10.8 Å². The Kier molecular flexibility index (Phi) is 4.74. The molecule has 1 fully saturated rings. The number of hydrogen-bond acceptors (Lipinski definition) is 3. The molecule has 5 nitrogen and oxygen atoms in total. The average Bonchev–Trinajstić information content (AvgIpc) is 2.47. The van der Waals surface area contributed by atoms with Gasteiger partial charge in [0, 0.05) is 11.6 Å². The smallest absolute Gasteiger partial charge is 0.251 e. The lowest BCUT2D eigenvalue weighted by Gasteiger charge is -2.30. The number of carbonyl (C=O) groups excluding carboxylic acids is 2. The van der Waals surface area contributed by atoms with E-state index >= 15 is 0 Å². The van der Waals surface area contributed by atoms with E-state index in [1.807, 2.05) is 19.1 Å². The normalized spacial score (nSPS) is 22.1. The number of nitrogens with one attached hydrogen (secondary N) is 2. The first kappa shape index (κ1) is 14.5. The summed E-state index contributed by atoms with van der Waals surface area (Å²) in [6.07, 6.45) is 3.37. The highest BCUT2D eigenvalue weighted by Crippen LogP contribution is 2.25. The third kappa shape index (κ3) is 3.36. The summed E-state index contributed by atoms with van der Waals surface area (Å²) in [6.45, 7) is 1.96. The molecule has 1 aromatic carbocycles. The van der Waals surface area contributed by atoms with E-state index in [1.165, 1.54) is 0 Å². The first-order valence-electron chi connectivity index (χ1n) is 6.93. The van der Waals surface area contributed by atoms with Gasteiger partial charge in [-0.1, -0.05) is 30.5 Å². The average molecular weight is 276 g/mol. The van der Waals surface area contributed by atoms with Gasteiger partial charge in [-0.05, 0) is 31.9 Å². The van der Waals surface area contributed by atoms with E-state index in [9.17, 15) is 9.59 Å². The third-order valence-electron chi connectivity index (χ3n) is 3.84. The maximum Gasteiger partial charge on any atom is 0.251 e. The highest BCUT2D eigenvalue weighted by molar-refractivity contribution is 5.94. The van der Waals surface area contributed by atoms with Crippen molar-refractivity contribution in [3.63, 3.8) is 0 Å². The largest absolute Gasteiger partial charge is 0.349 e. The summed E-state index contributed by atoms with van der Waals surface area (Å²) in [6, 6.07) is 7.09. The van der Waals surface area contributed by atoms with Crippen molar-refractivity contribution in [1.29, 1.82) is 0 Å². The molecule has 5 heteroatoms. The van der Waals surface area contributed by atoms with Gasteiger partial charge in [-0.25, -0.2) is 5.48 Å². The van der Waals surface area contributed by atoms with Gasteiger partial charge in [-0.3, -0.25) is 14.8 Å². The number of hydroxylamine groups is 1. The van der Waals surface area contributed by atoms with Gasteiger partial charge in [-0.15, -0.1) is 0 Å². The standard InChI is InChI=1S/C15H20N2O3/c1-10-6-8-11(9-7-10)14(18)16-13-5-3-2-4-12(13)15(19)17-20/h6-9,12-13,20H,2-5H2,1H3,(H,16,18)(H,17,19). The van der Waals surface area contributed by atoms with E-state index in [4.69, 9.17) is 5.21 Å². The second-order valence-corrected chi connectivity index (χ2v) is 5.31. The van der Waals surface area contributed by atoms with Crippen molar-refractivity contribution in [2.75, 3.05) is 0 Å². The maximum absolute atomic E-state index is 12.2. The Morgan fingerprint density at radius 3 is 2.45 bits per heavy atom. The van der Waals surface area contributed by atoms with E-state index in [1.54, 1.807) is 17.6 Å². The monoisotopic (exact) mass is 276 g/mol. The highest BCUT2D eigenvalue weighted by Gasteiger charge is 2.31. The van der Waals surface area contributed by atoms with Crippen molar-refractivity contribution in [3.8, 4) is 0 Å². The molecular weight excluding hydrogens is 256 g/mol. The zero-order valence-corrected chi connectivity index (χ0v) is 11.6. The molecule has 0 saturated heterocycles. The summed E-state index contributed by atoms with van der Waals surface area (Å²) in [5.74, 6) is -0.949. The number of rotatable bonds is 3. The first-order chi connectivity index (χ1) is 9.61. The molecule has 0 aliphatic heterocycles. The molecule has 0 spiro atoms. The van der Waals surface area contributed by atoms with Crippen molar-refractivity contribution in [2.45, 2.75) is 38.6 Å². The molecule has 2 rings (SSSR count). The minimum atomic E-state index is -0.418. The topological polar surface area (TPSA) is 78.4 Å². The zero-order valence-electron chi connectivity index (χ0n) is 11.6. The maximum atomic E-state index is 12.2. The van der Waals surface area contributed by atoms with Crippen molar-refractivity contribution in [2.24, 2.45) is 5.92 Å². The minimum absolute atomic E-state index is 0.173. The number of carbonyl (C=O) groups is 2. The van der Waals surface area contributed by atoms with Crippen molar-refractivity contribution < 1.29 is 14.8 Å². The molecular formula is C15H20N2O3. The summed E-state index contributed by atoms with van der Waals surface area (Å²) in [4.78, 5) is 23.8. The minimum Gasteiger partial charge on any atom is -0.349 e. The van der Waals surface area contributed by atoms with E-state index in [0.29, 0.717) is 12.0 Å². The second-order valence-electron chi connectivity index (χ2n) is 5.31. The van der Waals surface area contributed by atoms with E-state index in [0.717, 1.165) is 24.8 Å². The molecule has 1 aliphatic rings. The van der Waals surface area contributed by atoms with Gasteiger partial charge in [-0.2, -0.15) is 0 Å². The Balaban J connectivity index is 2.04. The Bertz CT molecular complexity index is 484. The van der Waals surface area contributed by atoms with Crippen LogP contribution in [0.15, 0.2) is 24.3 Å². The number of hydrogen-bond donors (Lipinski definition) is 3. The van der Waals surface area contributed by atoms with Gasteiger partial charge in [0.05, 0.1) is 5.92 Å². The molecule has 2 atom stereocenters. The van der Waals surface area contributed by atoms with E-state index in [2.05, 4.69) is 5.32 Å². The van der Waals surface area contributed by atoms with Crippen LogP contribution in [-0.2, 0) is 4.79 Å². The zero-order chi connectivity index (χ0) is 14.5. The van der Waals surface area contributed by atoms with Crippen LogP contribution in [0.3, 0.4) is 0 Å². The fourth-order valence-corrected chi connectivity index (χ4v) is 2.66. The lowest BCUT2D eigenvalue weighted by Crippen LogP contribution is -2.47. The van der Waals surface area contributed by atoms with Crippen LogP contribution in [-0.4, -0.2) is 23.1 Å². The van der Waals surface area contributed by atoms with Gasteiger partial charge in [0.2, 0.25) is 5.91 Å². The fourth-order valence-electron chi connectivity index (χ4n) is 2.66. The molecule has 2 amide bonds. The molecule has 3 N–H and O–H groups in total. The lowest BCUT2D eigenvalue weighted by molar-refractivity contribution is -0.135. The predicted molar refractivity (Wildman–Crippen MR) is 74.3 cm³/mol. The predicted octanol–water partition coefficient (Wildman–Crippen LogP) is 1.79. The molecule has 1 aromatic rings. The number of aryl methyl sites for hydroxylation is 1. The Labute approximate surface area is 118 Å². The molecule has 20 heavy (non-hydrogen) atoms. The molecule has 108 valence electrons. The van der Waals surface area contributed by atoms with Gasteiger partial charge in [0.25, 0.3) is 5.91 Å². The summed E-state index contributed by atoms with van der Waals surface area (Å²) in [7, 11) is 0. The van der Waals surface area contributed by atoms with Crippen LogP contribution in [0.5, 0.6) is 0 Å². The van der Waals surface area contributed by atoms with Gasteiger partial charge < -0.3 is 5.32 Å². The third-order valence-corrected chi connectivity index (χ3v) is 3.84. The Hall–Kier alpha value is -1.88. The molecule has 1 saturated carbocycles. The van der Waals surface area contributed by atoms with Gasteiger partial charge >= 0.3 is 0 Å². The van der Waals surface area contributed by atoms with E-state index < -0.39 is 5.91 Å². The van der Waals surface area contributed by atoms with Crippen LogP contribution in [0.2, 0.25) is 0 Å². The molecule has 0 radical (unpaired) electrons. The Morgan fingerprint density at radius 2 is 1.80 bits per heavy atom. The number of amides is 2. The van der Waals surface area contributed by atoms with Gasteiger partial charge in [0.1, 0.15) is 0 Å². The summed E-state index contributed by atoms with van der Waals surface area (Å²) < 4.78 is 0. The second kappa shape index (κ2) is 6.52. The SMILES string of the molecule is Cc1ccc(C(=O)NC2CCCCC2C(=O)NO)cc1. The van der Waals surface area contributed by atoms with Crippen LogP contribution in [0.25, 0.3) is 0 Å². The van der Waals surface area contributed by atoms with Crippen LogP contribution in [0, 0.1) is 12.8 Å². The first-order valence-corrected chi connectivity index (χ1v) is 6.93. The molecule has 0 heterocycles.